The molecule has 0 saturated heterocycles. The SMILES string of the molecule is Cn1c(=O)ccc2nc(C#N)ncc21. The molecule has 0 aliphatic heterocycles. The molecule has 0 amide bonds. The van der Waals surface area contributed by atoms with Crippen molar-refractivity contribution in [2.24, 2.45) is 7.05 Å². The topological polar surface area (TPSA) is 71.6 Å². The highest BCUT2D eigenvalue weighted by molar-refractivity contribution is 5.73. The smallest absolute Gasteiger partial charge is 0.250 e. The highest BCUT2D eigenvalue weighted by Crippen LogP contribution is 2.05. The van der Waals surface area contributed by atoms with Crippen molar-refractivity contribution in [3.8, 4) is 6.07 Å². The average molecular weight is 186 g/mol. The molecule has 0 radical (unpaired) electrons. The fourth-order valence-corrected chi connectivity index (χ4v) is 1.20. The van der Waals surface area contributed by atoms with Gasteiger partial charge < -0.3 is 4.57 Å². The number of aromatic nitrogens is 3. The van der Waals surface area contributed by atoms with Crippen LogP contribution >= 0.6 is 0 Å². The third kappa shape index (κ3) is 1.13. The summed E-state index contributed by atoms with van der Waals surface area (Å²) < 4.78 is 1.44. The maximum absolute atomic E-state index is 11.2. The zero-order valence-electron chi connectivity index (χ0n) is 7.43. The Morgan fingerprint density at radius 3 is 3.00 bits per heavy atom. The molecule has 0 N–H and O–H groups in total. The van der Waals surface area contributed by atoms with Crippen LogP contribution in [0.25, 0.3) is 11.0 Å². The van der Waals surface area contributed by atoms with E-state index in [9.17, 15) is 4.79 Å². The first-order chi connectivity index (χ1) is 6.72. The summed E-state index contributed by atoms with van der Waals surface area (Å²) in [4.78, 5) is 19.0. The van der Waals surface area contributed by atoms with Gasteiger partial charge in [0, 0.05) is 13.1 Å². The van der Waals surface area contributed by atoms with Gasteiger partial charge in [-0.05, 0) is 6.07 Å². The predicted molar refractivity (Wildman–Crippen MR) is 49.5 cm³/mol. The Morgan fingerprint density at radius 2 is 2.29 bits per heavy atom. The fraction of sp³-hybridized carbons (Fsp3) is 0.111. The molecule has 2 rings (SSSR count). The van der Waals surface area contributed by atoms with E-state index in [1.807, 2.05) is 6.07 Å². The Labute approximate surface area is 79.3 Å². The van der Waals surface area contributed by atoms with Crippen molar-refractivity contribution in [3.05, 3.63) is 34.5 Å². The lowest BCUT2D eigenvalue weighted by atomic mass is 10.3. The van der Waals surface area contributed by atoms with Crippen LogP contribution in [0.3, 0.4) is 0 Å². The fourth-order valence-electron chi connectivity index (χ4n) is 1.20. The molecule has 14 heavy (non-hydrogen) atoms. The summed E-state index contributed by atoms with van der Waals surface area (Å²) in [5, 5.41) is 8.58. The molecule has 0 saturated carbocycles. The largest absolute Gasteiger partial charge is 0.309 e. The molecule has 0 unspecified atom stereocenters. The van der Waals surface area contributed by atoms with Gasteiger partial charge in [0.25, 0.3) is 5.56 Å². The Kier molecular flexibility index (Phi) is 1.75. The minimum Gasteiger partial charge on any atom is -0.309 e. The van der Waals surface area contributed by atoms with Crippen LogP contribution in [0.4, 0.5) is 0 Å². The van der Waals surface area contributed by atoms with E-state index in [0.29, 0.717) is 11.0 Å². The molecule has 5 heteroatoms. The van der Waals surface area contributed by atoms with Gasteiger partial charge in [-0.3, -0.25) is 4.79 Å². The van der Waals surface area contributed by atoms with Gasteiger partial charge in [0.05, 0.1) is 17.2 Å². The summed E-state index contributed by atoms with van der Waals surface area (Å²) >= 11 is 0. The summed E-state index contributed by atoms with van der Waals surface area (Å²) in [7, 11) is 1.64. The van der Waals surface area contributed by atoms with Crippen molar-refractivity contribution in [3.63, 3.8) is 0 Å². The van der Waals surface area contributed by atoms with Crippen LogP contribution in [0.2, 0.25) is 0 Å². The normalized spacial score (nSPS) is 10.0. The van der Waals surface area contributed by atoms with Crippen LogP contribution in [0.1, 0.15) is 5.82 Å². The number of rotatable bonds is 0. The van der Waals surface area contributed by atoms with Crippen molar-refractivity contribution in [2.45, 2.75) is 0 Å². The molecule has 2 aromatic rings. The Hall–Kier alpha value is -2.22. The number of fused-ring (bicyclic) bond motifs is 1. The van der Waals surface area contributed by atoms with Crippen LogP contribution in [0.15, 0.2) is 23.1 Å². The van der Waals surface area contributed by atoms with Gasteiger partial charge in [0.2, 0.25) is 5.82 Å². The summed E-state index contributed by atoms with van der Waals surface area (Å²) in [6, 6.07) is 4.84. The van der Waals surface area contributed by atoms with Crippen LogP contribution in [-0.4, -0.2) is 14.5 Å². The quantitative estimate of drug-likeness (QED) is 0.589. The van der Waals surface area contributed by atoms with Gasteiger partial charge in [-0.2, -0.15) is 5.26 Å². The minimum absolute atomic E-state index is 0.108. The van der Waals surface area contributed by atoms with Crippen LogP contribution in [0.5, 0.6) is 0 Å². The number of hydrogen-bond donors (Lipinski definition) is 0. The van der Waals surface area contributed by atoms with Crippen LogP contribution < -0.4 is 5.56 Å². The summed E-state index contributed by atoms with van der Waals surface area (Å²) in [5.41, 5.74) is 1.10. The highest BCUT2D eigenvalue weighted by atomic mass is 16.1. The highest BCUT2D eigenvalue weighted by Gasteiger charge is 2.01. The molecule has 2 aromatic heterocycles. The van der Waals surface area contributed by atoms with Crippen molar-refractivity contribution < 1.29 is 0 Å². The third-order valence-electron chi connectivity index (χ3n) is 1.97. The van der Waals surface area contributed by atoms with E-state index >= 15 is 0 Å². The molecule has 2 heterocycles. The number of nitriles is 1. The molecule has 68 valence electrons. The molecular weight excluding hydrogens is 180 g/mol. The lowest BCUT2D eigenvalue weighted by Crippen LogP contribution is -2.15. The zero-order valence-corrected chi connectivity index (χ0v) is 7.43. The molecule has 0 aromatic carbocycles. The molecule has 0 fully saturated rings. The molecule has 0 spiro atoms. The van der Waals surface area contributed by atoms with E-state index in [1.165, 1.54) is 16.8 Å². The summed E-state index contributed by atoms with van der Waals surface area (Å²) in [6.07, 6.45) is 1.47. The van der Waals surface area contributed by atoms with Crippen LogP contribution in [-0.2, 0) is 7.05 Å². The van der Waals surface area contributed by atoms with Gasteiger partial charge in [-0.25, -0.2) is 9.97 Å². The summed E-state index contributed by atoms with van der Waals surface area (Å²) in [5.74, 6) is 0.108. The number of hydrogen-bond acceptors (Lipinski definition) is 4. The molecule has 0 aliphatic rings. The number of aryl methyl sites for hydroxylation is 1. The first-order valence-electron chi connectivity index (χ1n) is 3.95. The van der Waals surface area contributed by atoms with Gasteiger partial charge in [0.15, 0.2) is 0 Å². The van der Waals surface area contributed by atoms with E-state index in [2.05, 4.69) is 9.97 Å². The van der Waals surface area contributed by atoms with Gasteiger partial charge >= 0.3 is 0 Å². The predicted octanol–water partition coefficient (Wildman–Crippen LogP) is 0.200. The van der Waals surface area contributed by atoms with E-state index in [-0.39, 0.29) is 11.4 Å². The van der Waals surface area contributed by atoms with E-state index in [0.717, 1.165) is 0 Å². The van der Waals surface area contributed by atoms with E-state index in [1.54, 1.807) is 13.1 Å². The maximum Gasteiger partial charge on any atom is 0.250 e. The van der Waals surface area contributed by atoms with Crippen molar-refractivity contribution in [2.75, 3.05) is 0 Å². The molecule has 0 bridgehead atoms. The van der Waals surface area contributed by atoms with Gasteiger partial charge in [0.1, 0.15) is 6.07 Å². The Balaban J connectivity index is 2.89. The second-order valence-electron chi connectivity index (χ2n) is 2.81. The van der Waals surface area contributed by atoms with Gasteiger partial charge in [-0.15, -0.1) is 0 Å². The molecule has 0 aliphatic carbocycles. The Bertz CT molecular complexity index is 594. The lowest BCUT2D eigenvalue weighted by molar-refractivity contribution is 0.896. The van der Waals surface area contributed by atoms with E-state index in [4.69, 9.17) is 5.26 Å². The first-order valence-corrected chi connectivity index (χ1v) is 3.95. The first kappa shape index (κ1) is 8.38. The molecular formula is C9H6N4O. The van der Waals surface area contributed by atoms with E-state index < -0.39 is 0 Å². The van der Waals surface area contributed by atoms with Gasteiger partial charge in [-0.1, -0.05) is 0 Å². The molecule has 5 nitrogen and oxygen atoms in total. The second kappa shape index (κ2) is 2.92. The van der Waals surface area contributed by atoms with Crippen LogP contribution in [0, 0.1) is 11.3 Å². The zero-order chi connectivity index (χ0) is 10.1. The Morgan fingerprint density at radius 1 is 1.50 bits per heavy atom. The standard InChI is InChI=1S/C9H6N4O/c1-13-7-5-11-8(4-10)12-6(7)2-3-9(13)14/h2-3,5H,1H3. The third-order valence-corrected chi connectivity index (χ3v) is 1.97. The van der Waals surface area contributed by atoms with Crippen molar-refractivity contribution in [1.29, 1.82) is 5.26 Å². The maximum atomic E-state index is 11.2. The average Bonchev–Trinajstić information content (AvgIpc) is 2.23. The summed E-state index contributed by atoms with van der Waals surface area (Å²) in [6.45, 7) is 0. The second-order valence-corrected chi connectivity index (χ2v) is 2.81. The lowest BCUT2D eigenvalue weighted by Gasteiger charge is -2.01. The van der Waals surface area contributed by atoms with Crippen molar-refractivity contribution >= 4 is 11.0 Å². The number of nitrogens with zero attached hydrogens (tertiary/aromatic N) is 4. The monoisotopic (exact) mass is 186 g/mol. The minimum atomic E-state index is -0.120. The number of pyridine rings is 1. The van der Waals surface area contributed by atoms with Crippen molar-refractivity contribution in [1.82, 2.24) is 14.5 Å². The molecule has 0 atom stereocenters.